The normalized spacial score (nSPS) is 12.8. The molecule has 1 aliphatic rings. The summed E-state index contributed by atoms with van der Waals surface area (Å²) in [4.78, 5) is 0. The van der Waals surface area contributed by atoms with Gasteiger partial charge >= 0.3 is 0 Å². The summed E-state index contributed by atoms with van der Waals surface area (Å²) in [7, 11) is 0. The first-order valence-electron chi connectivity index (χ1n) is 5.49. The Morgan fingerprint density at radius 2 is 1.82 bits per heavy atom. The van der Waals surface area contributed by atoms with Crippen molar-refractivity contribution in [3.63, 3.8) is 0 Å². The van der Waals surface area contributed by atoms with Crippen LogP contribution in [-0.2, 0) is 6.54 Å². The molecule has 0 amide bonds. The van der Waals surface area contributed by atoms with Crippen LogP contribution >= 0.6 is 0 Å². The van der Waals surface area contributed by atoms with Gasteiger partial charge in [-0.05, 0) is 35.9 Å². The van der Waals surface area contributed by atoms with Gasteiger partial charge in [0.25, 0.3) is 0 Å². The van der Waals surface area contributed by atoms with Crippen molar-refractivity contribution in [2.45, 2.75) is 6.54 Å². The van der Waals surface area contributed by atoms with Gasteiger partial charge in [0.05, 0.1) is 29.6 Å². The molecular weight excluding hydrogens is 210 g/mol. The second kappa shape index (κ2) is 3.84. The third-order valence-corrected chi connectivity index (χ3v) is 2.91. The Bertz CT molecular complexity index is 556. The zero-order valence-corrected chi connectivity index (χ0v) is 9.22. The average molecular weight is 221 g/mol. The van der Waals surface area contributed by atoms with Crippen LogP contribution in [0.25, 0.3) is 0 Å². The molecule has 3 nitrogen and oxygen atoms in total. The third kappa shape index (κ3) is 1.70. The van der Waals surface area contributed by atoms with Crippen LogP contribution in [0, 0.1) is 11.3 Å². The first kappa shape index (κ1) is 9.73. The van der Waals surface area contributed by atoms with Crippen LogP contribution in [0.5, 0.6) is 0 Å². The van der Waals surface area contributed by atoms with E-state index in [4.69, 9.17) is 5.26 Å². The fourth-order valence-corrected chi connectivity index (χ4v) is 1.99. The van der Waals surface area contributed by atoms with E-state index in [0.29, 0.717) is 5.56 Å². The van der Waals surface area contributed by atoms with Gasteiger partial charge in [-0.25, -0.2) is 0 Å². The Balaban J connectivity index is 1.87. The van der Waals surface area contributed by atoms with Crippen molar-refractivity contribution in [1.82, 2.24) is 0 Å². The number of nitrogens with one attached hydrogen (secondary N) is 1. The molecule has 0 aliphatic carbocycles. The predicted octanol–water partition coefficient (Wildman–Crippen LogP) is 2.91. The number of benzene rings is 2. The minimum absolute atomic E-state index is 0.686. The van der Waals surface area contributed by atoms with Gasteiger partial charge in [-0.3, -0.25) is 10.4 Å². The van der Waals surface area contributed by atoms with Crippen LogP contribution in [0.4, 0.5) is 11.4 Å². The fraction of sp³-hybridized carbons (Fsp3) is 0.0714. The summed E-state index contributed by atoms with van der Waals surface area (Å²) in [6.45, 7) is 0.849. The Morgan fingerprint density at radius 1 is 1.06 bits per heavy atom. The fourth-order valence-electron chi connectivity index (χ4n) is 1.99. The van der Waals surface area contributed by atoms with Gasteiger partial charge in [-0.1, -0.05) is 18.2 Å². The highest BCUT2D eigenvalue weighted by molar-refractivity contribution is 5.65. The number of para-hydroxylation sites is 1. The van der Waals surface area contributed by atoms with E-state index in [2.05, 4.69) is 28.6 Å². The molecule has 1 heterocycles. The van der Waals surface area contributed by atoms with Crippen LogP contribution < -0.4 is 10.4 Å². The van der Waals surface area contributed by atoms with Gasteiger partial charge in [0, 0.05) is 0 Å². The molecule has 0 unspecified atom stereocenters. The lowest BCUT2D eigenvalue weighted by atomic mass is 10.2. The van der Waals surface area contributed by atoms with Crippen molar-refractivity contribution in [2.75, 3.05) is 10.4 Å². The molecule has 0 saturated carbocycles. The molecule has 2 aromatic rings. The van der Waals surface area contributed by atoms with Crippen molar-refractivity contribution in [2.24, 2.45) is 0 Å². The predicted molar refractivity (Wildman–Crippen MR) is 67.4 cm³/mol. The molecule has 0 fully saturated rings. The van der Waals surface area contributed by atoms with Crippen molar-refractivity contribution >= 4 is 11.4 Å². The van der Waals surface area contributed by atoms with Crippen molar-refractivity contribution in [3.8, 4) is 6.07 Å². The van der Waals surface area contributed by atoms with E-state index in [1.54, 1.807) is 0 Å². The van der Waals surface area contributed by atoms with E-state index in [9.17, 15) is 0 Å². The second-order valence-corrected chi connectivity index (χ2v) is 4.01. The van der Waals surface area contributed by atoms with Gasteiger partial charge in [0.1, 0.15) is 0 Å². The minimum atomic E-state index is 0.686. The molecule has 1 N–H and O–H groups in total. The monoisotopic (exact) mass is 221 g/mol. The molecular formula is C14H11N3. The Hall–Kier alpha value is -2.47. The number of nitriles is 1. The molecule has 2 aromatic carbocycles. The van der Waals surface area contributed by atoms with Gasteiger partial charge < -0.3 is 0 Å². The van der Waals surface area contributed by atoms with Gasteiger partial charge in [-0.15, -0.1) is 0 Å². The van der Waals surface area contributed by atoms with Crippen LogP contribution in [0.1, 0.15) is 11.1 Å². The molecule has 17 heavy (non-hydrogen) atoms. The molecule has 0 radical (unpaired) electrons. The zero-order valence-electron chi connectivity index (χ0n) is 9.22. The number of hydrazine groups is 1. The van der Waals surface area contributed by atoms with Crippen molar-refractivity contribution in [3.05, 3.63) is 59.7 Å². The Morgan fingerprint density at radius 3 is 2.53 bits per heavy atom. The van der Waals surface area contributed by atoms with Crippen LogP contribution in [0.2, 0.25) is 0 Å². The standard InChI is InChI=1S/C14H11N3/c15-9-11-5-7-13(8-6-11)17-10-12-3-1-2-4-14(12)16-17/h1-8,16H,10H2. The Kier molecular flexibility index (Phi) is 2.20. The largest absolute Gasteiger partial charge is 0.298 e. The number of fused-ring (bicyclic) bond motifs is 1. The quantitative estimate of drug-likeness (QED) is 0.804. The smallest absolute Gasteiger partial charge is 0.0991 e. The van der Waals surface area contributed by atoms with Crippen LogP contribution in [-0.4, -0.2) is 0 Å². The maximum Gasteiger partial charge on any atom is 0.0991 e. The number of rotatable bonds is 1. The number of hydrogen-bond donors (Lipinski definition) is 1. The van der Waals surface area contributed by atoms with E-state index in [0.717, 1.165) is 17.9 Å². The molecule has 3 rings (SSSR count). The number of nitrogens with zero attached hydrogens (tertiary/aromatic N) is 2. The zero-order chi connectivity index (χ0) is 11.7. The molecule has 0 spiro atoms. The Labute approximate surface area is 99.9 Å². The highest BCUT2D eigenvalue weighted by Crippen LogP contribution is 2.28. The molecule has 1 aliphatic heterocycles. The lowest BCUT2D eigenvalue weighted by Crippen LogP contribution is -2.22. The van der Waals surface area contributed by atoms with Crippen molar-refractivity contribution in [1.29, 1.82) is 5.26 Å². The molecule has 82 valence electrons. The summed E-state index contributed by atoms with van der Waals surface area (Å²) in [6, 6.07) is 18.0. The van der Waals surface area contributed by atoms with Gasteiger partial charge in [0.2, 0.25) is 0 Å². The van der Waals surface area contributed by atoms with Gasteiger partial charge in [0.15, 0.2) is 0 Å². The first-order chi connectivity index (χ1) is 8.36. The lowest BCUT2D eigenvalue weighted by Gasteiger charge is -2.18. The van der Waals surface area contributed by atoms with E-state index in [1.807, 2.05) is 36.4 Å². The molecule has 0 atom stereocenters. The number of hydrogen-bond acceptors (Lipinski definition) is 3. The molecule has 0 saturated heterocycles. The highest BCUT2D eigenvalue weighted by Gasteiger charge is 2.17. The van der Waals surface area contributed by atoms with E-state index >= 15 is 0 Å². The third-order valence-electron chi connectivity index (χ3n) is 2.91. The van der Waals surface area contributed by atoms with Crippen LogP contribution in [0.15, 0.2) is 48.5 Å². The lowest BCUT2D eigenvalue weighted by molar-refractivity contribution is 0.970. The summed E-state index contributed by atoms with van der Waals surface area (Å²) in [6.07, 6.45) is 0. The highest BCUT2D eigenvalue weighted by atomic mass is 15.5. The van der Waals surface area contributed by atoms with E-state index < -0.39 is 0 Å². The first-order valence-corrected chi connectivity index (χ1v) is 5.49. The number of anilines is 2. The SMILES string of the molecule is N#Cc1ccc(N2Cc3ccccc3N2)cc1. The summed E-state index contributed by atoms with van der Waals surface area (Å²) < 4.78 is 0. The second-order valence-electron chi connectivity index (χ2n) is 4.01. The molecule has 3 heteroatoms. The molecule has 0 aromatic heterocycles. The van der Waals surface area contributed by atoms with Crippen molar-refractivity contribution < 1.29 is 0 Å². The maximum absolute atomic E-state index is 8.76. The summed E-state index contributed by atoms with van der Waals surface area (Å²) in [5, 5.41) is 10.8. The summed E-state index contributed by atoms with van der Waals surface area (Å²) in [5.41, 5.74) is 7.53. The van der Waals surface area contributed by atoms with E-state index in [1.165, 1.54) is 5.56 Å². The van der Waals surface area contributed by atoms with E-state index in [-0.39, 0.29) is 0 Å². The molecule has 0 bridgehead atoms. The van der Waals surface area contributed by atoms with Gasteiger partial charge in [-0.2, -0.15) is 5.26 Å². The minimum Gasteiger partial charge on any atom is -0.298 e. The summed E-state index contributed by atoms with van der Waals surface area (Å²) in [5.74, 6) is 0. The maximum atomic E-state index is 8.76. The summed E-state index contributed by atoms with van der Waals surface area (Å²) >= 11 is 0. The topological polar surface area (TPSA) is 39.1 Å². The van der Waals surface area contributed by atoms with Crippen LogP contribution in [0.3, 0.4) is 0 Å². The average Bonchev–Trinajstić information content (AvgIpc) is 2.82.